The van der Waals surface area contributed by atoms with Crippen molar-refractivity contribution in [2.24, 2.45) is 0 Å². The lowest BCUT2D eigenvalue weighted by Gasteiger charge is -2.21. The van der Waals surface area contributed by atoms with E-state index in [4.69, 9.17) is 13.8 Å². The van der Waals surface area contributed by atoms with E-state index in [1.807, 2.05) is 6.92 Å². The van der Waals surface area contributed by atoms with Gasteiger partial charge in [-0.15, -0.1) is 0 Å². The highest BCUT2D eigenvalue weighted by Gasteiger charge is 2.16. The summed E-state index contributed by atoms with van der Waals surface area (Å²) in [6.07, 6.45) is 0. The minimum Gasteiger partial charge on any atom is -0.423 e. The average molecular weight is 405 g/mol. The molecule has 0 amide bonds. The minimum absolute atomic E-state index is 0.101. The maximum atomic E-state index is 12.2. The summed E-state index contributed by atoms with van der Waals surface area (Å²) >= 11 is 0. The molecule has 7 nitrogen and oxygen atoms in total. The van der Waals surface area contributed by atoms with E-state index in [0.717, 1.165) is 5.56 Å². The quantitative estimate of drug-likeness (QED) is 0.208. The van der Waals surface area contributed by atoms with Gasteiger partial charge < -0.3 is 4.74 Å². The van der Waals surface area contributed by atoms with Crippen LogP contribution in [-0.4, -0.2) is 34.6 Å². The molecule has 0 atom stereocenters. The molecule has 0 aliphatic rings. The van der Waals surface area contributed by atoms with Crippen molar-refractivity contribution in [1.82, 2.24) is 0 Å². The number of carbonyl (C=O) groups excluding carboxylic acids is 1. The molecule has 0 radical (unpaired) electrons. The lowest BCUT2D eigenvalue weighted by atomic mass is 10.2. The number of anilines is 1. The fourth-order valence-electron chi connectivity index (χ4n) is 2.20. The summed E-state index contributed by atoms with van der Waals surface area (Å²) in [5.41, 5.74) is 1.91. The number of esters is 1. The third kappa shape index (κ3) is 5.91. The van der Waals surface area contributed by atoms with Gasteiger partial charge in [-0.3, -0.25) is 14.1 Å². The van der Waals surface area contributed by atoms with E-state index in [1.165, 1.54) is 24.3 Å². The van der Waals surface area contributed by atoms with Crippen LogP contribution in [0.1, 0.15) is 12.5 Å². The second kappa shape index (κ2) is 9.50. The number of nitrogens with zero attached hydrogens (tertiary/aromatic N) is 1. The maximum Gasteiger partial charge on any atom is 0.338 e. The van der Waals surface area contributed by atoms with Crippen molar-refractivity contribution in [3.8, 4) is 5.75 Å². The molecule has 0 fully saturated rings. The van der Waals surface area contributed by atoms with Crippen molar-refractivity contribution >= 4 is 21.8 Å². The molecule has 28 heavy (non-hydrogen) atoms. The first-order valence-electron chi connectivity index (χ1n) is 8.48. The van der Waals surface area contributed by atoms with Crippen LogP contribution in [0.2, 0.25) is 0 Å². The van der Waals surface area contributed by atoms with Gasteiger partial charge in [0, 0.05) is 5.57 Å². The lowest BCUT2D eigenvalue weighted by molar-refractivity contribution is -0.130. The Morgan fingerprint density at radius 2 is 1.68 bits per heavy atom. The van der Waals surface area contributed by atoms with E-state index in [2.05, 4.69) is 6.58 Å². The maximum absolute atomic E-state index is 12.2. The Labute approximate surface area is 165 Å². The molecular weight excluding hydrogens is 382 g/mol. The normalized spacial score (nSPS) is 11.1. The molecule has 0 aliphatic carbocycles. The monoisotopic (exact) mass is 405 g/mol. The zero-order valence-electron chi connectivity index (χ0n) is 16.0. The van der Waals surface area contributed by atoms with Crippen LogP contribution in [0.15, 0.2) is 65.6 Å². The van der Waals surface area contributed by atoms with Gasteiger partial charge in [0.1, 0.15) is 5.75 Å². The van der Waals surface area contributed by atoms with Crippen molar-refractivity contribution in [3.63, 3.8) is 0 Å². The van der Waals surface area contributed by atoms with E-state index >= 15 is 0 Å². The molecule has 2 aromatic carbocycles. The topological polar surface area (TPSA) is 82.1 Å². The van der Waals surface area contributed by atoms with E-state index in [-0.39, 0.29) is 18.0 Å². The molecule has 0 heterocycles. The van der Waals surface area contributed by atoms with Crippen LogP contribution >= 0.6 is 0 Å². The molecule has 0 aromatic heterocycles. The Hall–Kier alpha value is -2.68. The van der Waals surface area contributed by atoms with E-state index < -0.39 is 16.1 Å². The van der Waals surface area contributed by atoms with E-state index in [1.54, 1.807) is 43.3 Å². The molecule has 0 bridgehead atoms. The molecule has 0 N–H and O–H groups in total. The highest BCUT2D eigenvalue weighted by Crippen LogP contribution is 2.20. The van der Waals surface area contributed by atoms with Crippen molar-refractivity contribution in [2.75, 3.05) is 25.3 Å². The van der Waals surface area contributed by atoms with Crippen LogP contribution < -0.4 is 9.80 Å². The lowest BCUT2D eigenvalue weighted by Crippen LogP contribution is -2.27. The van der Waals surface area contributed by atoms with Crippen LogP contribution in [-0.2, 0) is 23.9 Å². The summed E-state index contributed by atoms with van der Waals surface area (Å²) in [6, 6.07) is 13.0. The van der Waals surface area contributed by atoms with Crippen molar-refractivity contribution in [1.29, 1.82) is 0 Å². The van der Waals surface area contributed by atoms with Gasteiger partial charge in [0.15, 0.2) is 0 Å². The fraction of sp³-hybridized carbons (Fsp3) is 0.250. The average Bonchev–Trinajstić information content (AvgIpc) is 2.66. The summed E-state index contributed by atoms with van der Waals surface area (Å²) < 4.78 is 34.6. The SMILES string of the molecule is C=C(C)C(=O)Oc1ccc(N(CCOS(=O)(=O)c2ccc(C)cc2)OC)cc1. The van der Waals surface area contributed by atoms with Gasteiger partial charge >= 0.3 is 5.97 Å². The summed E-state index contributed by atoms with van der Waals surface area (Å²) in [5.74, 6) is -0.142. The van der Waals surface area contributed by atoms with Gasteiger partial charge in [-0.05, 0) is 50.2 Å². The van der Waals surface area contributed by atoms with Gasteiger partial charge in [0.25, 0.3) is 10.1 Å². The predicted octanol–water partition coefficient (Wildman–Crippen LogP) is 3.25. The summed E-state index contributed by atoms with van der Waals surface area (Å²) in [4.78, 5) is 16.9. The fourth-order valence-corrected chi connectivity index (χ4v) is 3.10. The van der Waals surface area contributed by atoms with Gasteiger partial charge in [-0.1, -0.05) is 24.3 Å². The molecule has 0 aliphatic heterocycles. The van der Waals surface area contributed by atoms with Crippen molar-refractivity contribution in [2.45, 2.75) is 18.7 Å². The van der Waals surface area contributed by atoms with Crippen LogP contribution in [0.4, 0.5) is 5.69 Å². The first kappa shape index (κ1) is 21.6. The largest absolute Gasteiger partial charge is 0.423 e. The molecule has 150 valence electrons. The van der Waals surface area contributed by atoms with E-state index in [9.17, 15) is 13.2 Å². The molecule has 0 spiro atoms. The Bertz CT molecular complexity index is 920. The molecule has 0 unspecified atom stereocenters. The number of hydroxylamine groups is 1. The summed E-state index contributed by atoms with van der Waals surface area (Å²) in [7, 11) is -2.38. The van der Waals surface area contributed by atoms with Crippen molar-refractivity contribution < 1.29 is 27.0 Å². The zero-order valence-corrected chi connectivity index (χ0v) is 16.9. The number of rotatable bonds is 9. The van der Waals surface area contributed by atoms with Crippen LogP contribution in [0.5, 0.6) is 5.75 Å². The molecular formula is C20H23NO6S. The number of aryl methyl sites for hydroxylation is 1. The second-order valence-corrected chi connectivity index (χ2v) is 7.65. The highest BCUT2D eigenvalue weighted by molar-refractivity contribution is 7.86. The zero-order chi connectivity index (χ0) is 20.7. The number of ether oxygens (including phenoxy) is 1. The van der Waals surface area contributed by atoms with Crippen LogP contribution in [0.25, 0.3) is 0 Å². The number of hydrogen-bond acceptors (Lipinski definition) is 7. The third-order valence-electron chi connectivity index (χ3n) is 3.75. The molecule has 2 aromatic rings. The van der Waals surface area contributed by atoms with Crippen molar-refractivity contribution in [3.05, 3.63) is 66.2 Å². The standard InChI is InChI=1S/C20H23NO6S/c1-15(2)20(22)27-18-9-7-17(8-10-18)21(25-4)13-14-26-28(23,24)19-11-5-16(3)6-12-19/h5-12H,1,13-14H2,2-4H3. The van der Waals surface area contributed by atoms with Crippen LogP contribution in [0, 0.1) is 6.92 Å². The minimum atomic E-state index is -3.84. The predicted molar refractivity (Wildman–Crippen MR) is 106 cm³/mol. The van der Waals surface area contributed by atoms with Gasteiger partial charge in [-0.25, -0.2) is 4.79 Å². The van der Waals surface area contributed by atoms with Gasteiger partial charge in [-0.2, -0.15) is 8.42 Å². The molecule has 0 saturated heterocycles. The third-order valence-corrected chi connectivity index (χ3v) is 5.07. The Morgan fingerprint density at radius 1 is 1.07 bits per heavy atom. The Balaban J connectivity index is 1.95. The molecule has 2 rings (SSSR count). The first-order valence-corrected chi connectivity index (χ1v) is 9.89. The number of carbonyl (C=O) groups is 1. The first-order chi connectivity index (χ1) is 13.2. The van der Waals surface area contributed by atoms with E-state index in [0.29, 0.717) is 17.0 Å². The smallest absolute Gasteiger partial charge is 0.338 e. The number of benzene rings is 2. The molecule has 0 saturated carbocycles. The Kier molecular flexibility index (Phi) is 7.33. The van der Waals surface area contributed by atoms with Gasteiger partial charge in [0.2, 0.25) is 0 Å². The summed E-state index contributed by atoms with van der Waals surface area (Å²) in [6.45, 7) is 7.03. The van der Waals surface area contributed by atoms with Gasteiger partial charge in [0.05, 0.1) is 30.8 Å². The number of hydrogen-bond donors (Lipinski definition) is 0. The molecule has 8 heteroatoms. The highest BCUT2D eigenvalue weighted by atomic mass is 32.2. The second-order valence-electron chi connectivity index (χ2n) is 6.04. The summed E-state index contributed by atoms with van der Waals surface area (Å²) in [5, 5.41) is 1.47. The Morgan fingerprint density at radius 3 is 2.21 bits per heavy atom. The van der Waals surface area contributed by atoms with Crippen LogP contribution in [0.3, 0.4) is 0 Å².